The number of esters is 1. The van der Waals surface area contributed by atoms with E-state index in [1.165, 1.54) is 4.90 Å². The van der Waals surface area contributed by atoms with Crippen molar-refractivity contribution in [1.82, 2.24) is 15.1 Å². The van der Waals surface area contributed by atoms with Crippen molar-refractivity contribution in [1.29, 1.82) is 0 Å². The molecule has 10 heteroatoms. The number of carbonyl (C=O) groups excluding carboxylic acids is 4. The lowest BCUT2D eigenvalue weighted by molar-refractivity contribution is -0.152. The van der Waals surface area contributed by atoms with Crippen LogP contribution in [0.15, 0.2) is 55.6 Å². The Kier molecular flexibility index (Phi) is 10.4. The Balaban J connectivity index is 1.43. The highest BCUT2D eigenvalue weighted by Gasteiger charge is 2.75. The Morgan fingerprint density at radius 3 is 2.56 bits per heavy atom. The molecule has 0 radical (unpaired) electrons. The monoisotopic (exact) mass is 621 g/mol. The van der Waals surface area contributed by atoms with Gasteiger partial charge in [0.25, 0.3) is 0 Å². The average Bonchev–Trinajstić information content (AvgIpc) is 3.72. The Morgan fingerprint density at radius 1 is 1.16 bits per heavy atom. The van der Waals surface area contributed by atoms with Crippen molar-refractivity contribution in [2.45, 2.75) is 101 Å². The molecule has 1 saturated carbocycles. The predicted octanol–water partition coefficient (Wildman–Crippen LogP) is 3.46. The number of allylic oxidation sites excluding steroid dienone is 1. The van der Waals surface area contributed by atoms with Crippen LogP contribution in [0.4, 0.5) is 0 Å². The third-order valence-electron chi connectivity index (χ3n) is 10.1. The van der Waals surface area contributed by atoms with Crippen molar-refractivity contribution >= 4 is 23.7 Å². The molecule has 1 aliphatic carbocycles. The molecule has 1 aromatic rings. The van der Waals surface area contributed by atoms with Gasteiger partial charge in [-0.25, -0.2) is 0 Å². The van der Waals surface area contributed by atoms with Gasteiger partial charge in [-0.3, -0.25) is 19.2 Å². The van der Waals surface area contributed by atoms with Crippen molar-refractivity contribution < 1.29 is 33.8 Å². The largest absolute Gasteiger partial charge is 0.463 e. The zero-order valence-corrected chi connectivity index (χ0v) is 26.3. The number of fused-ring (bicyclic) bond motifs is 1. The standard InChI is InChI=1S/C35H47N3O7/c1-4-6-17-28(40)44-22-26(24-13-9-7-10-14-24)36-32(41)29-27-18-19-35(45-27)30(29)33(42)38(23(3)21-39)31(35)34(43)37(20-5-2)25-15-11-8-12-16-25/h4-5,7,9-10,13-14,23,25-27,29-31,39H,1-2,6,8,11-12,15-22H2,3H3,(H,36,41)/t23-,26+,27+,29-,30-,31+,35-/m1/s1. The fourth-order valence-electron chi connectivity index (χ4n) is 7.98. The molecule has 3 aliphatic heterocycles. The second kappa shape index (κ2) is 14.3. The molecule has 1 aromatic carbocycles. The normalized spacial score (nSPS) is 28.7. The van der Waals surface area contributed by atoms with Gasteiger partial charge >= 0.3 is 5.97 Å². The van der Waals surface area contributed by atoms with E-state index in [-0.39, 0.29) is 43.4 Å². The summed E-state index contributed by atoms with van der Waals surface area (Å²) in [6.07, 6.45) is 9.49. The molecule has 45 heavy (non-hydrogen) atoms. The molecule has 1 spiro atoms. The van der Waals surface area contributed by atoms with Crippen molar-refractivity contribution in [2.24, 2.45) is 11.8 Å². The fourth-order valence-corrected chi connectivity index (χ4v) is 7.98. The minimum atomic E-state index is -1.17. The minimum absolute atomic E-state index is 0.0413. The van der Waals surface area contributed by atoms with E-state index in [2.05, 4.69) is 18.5 Å². The zero-order chi connectivity index (χ0) is 32.1. The Morgan fingerprint density at radius 2 is 1.89 bits per heavy atom. The molecule has 4 fully saturated rings. The topological polar surface area (TPSA) is 125 Å². The van der Waals surface area contributed by atoms with Crippen LogP contribution in [0, 0.1) is 11.8 Å². The van der Waals surface area contributed by atoms with Crippen LogP contribution < -0.4 is 5.32 Å². The maximum absolute atomic E-state index is 14.6. The van der Waals surface area contributed by atoms with Crippen molar-refractivity contribution in [3.05, 3.63) is 61.2 Å². The SMILES string of the molecule is C=CCCC(=O)OC[C@H](NC(=O)[C@@H]1[C@@H]2CC[C@]3(O2)[C@H](C(=O)N(CC=C)C2CCCCC2)N([C@H](C)CO)C(=O)[C@@H]13)c1ccccc1. The molecule has 0 aromatic heterocycles. The number of hydrogen-bond donors (Lipinski definition) is 2. The summed E-state index contributed by atoms with van der Waals surface area (Å²) in [6.45, 7) is 9.22. The molecular weight excluding hydrogens is 574 g/mol. The number of benzene rings is 1. The third kappa shape index (κ3) is 6.31. The lowest BCUT2D eigenvalue weighted by atomic mass is 9.70. The number of likely N-dealkylation sites (tertiary alicyclic amines) is 1. The van der Waals surface area contributed by atoms with Crippen LogP contribution in [0.2, 0.25) is 0 Å². The van der Waals surface area contributed by atoms with Gasteiger partial charge in [-0.15, -0.1) is 13.2 Å². The Bertz CT molecular complexity index is 1260. The van der Waals surface area contributed by atoms with Crippen molar-refractivity contribution in [2.75, 3.05) is 19.8 Å². The molecule has 3 amide bonds. The summed E-state index contributed by atoms with van der Waals surface area (Å²) in [5, 5.41) is 13.3. The number of aliphatic hydroxyl groups excluding tert-OH is 1. The number of ether oxygens (including phenoxy) is 2. The number of hydrogen-bond acceptors (Lipinski definition) is 7. The van der Waals surface area contributed by atoms with E-state index >= 15 is 0 Å². The van der Waals surface area contributed by atoms with Crippen LogP contribution in [0.1, 0.15) is 76.3 Å². The fraction of sp³-hybridized carbons (Fsp3) is 0.600. The van der Waals surface area contributed by atoms with Gasteiger partial charge in [0.1, 0.15) is 18.2 Å². The van der Waals surface area contributed by atoms with Gasteiger partial charge in [0, 0.05) is 19.0 Å². The van der Waals surface area contributed by atoms with Crippen LogP contribution in [0.25, 0.3) is 0 Å². The molecule has 2 bridgehead atoms. The number of nitrogens with zero attached hydrogens (tertiary/aromatic N) is 2. The van der Waals surface area contributed by atoms with Crippen LogP contribution in [-0.4, -0.2) is 88.2 Å². The highest BCUT2D eigenvalue weighted by molar-refractivity contribution is 5.99. The van der Waals surface area contributed by atoms with E-state index in [1.54, 1.807) is 19.1 Å². The second-order valence-corrected chi connectivity index (χ2v) is 12.9. The molecule has 7 atom stereocenters. The molecule has 3 heterocycles. The zero-order valence-electron chi connectivity index (χ0n) is 26.3. The summed E-state index contributed by atoms with van der Waals surface area (Å²) in [4.78, 5) is 58.7. The van der Waals surface area contributed by atoms with Gasteiger partial charge in [0.2, 0.25) is 17.7 Å². The summed E-state index contributed by atoms with van der Waals surface area (Å²) in [7, 11) is 0. The van der Waals surface area contributed by atoms with Gasteiger partial charge < -0.3 is 29.7 Å². The Labute approximate surface area is 265 Å². The first-order valence-electron chi connectivity index (χ1n) is 16.4. The smallest absolute Gasteiger partial charge is 0.306 e. The van der Waals surface area contributed by atoms with Crippen LogP contribution in [0.3, 0.4) is 0 Å². The number of carbonyl (C=O) groups is 4. The van der Waals surface area contributed by atoms with E-state index in [0.29, 0.717) is 25.8 Å². The quantitative estimate of drug-likeness (QED) is 0.241. The summed E-state index contributed by atoms with van der Waals surface area (Å²) in [6, 6.07) is 7.06. The predicted molar refractivity (Wildman–Crippen MR) is 167 cm³/mol. The van der Waals surface area contributed by atoms with E-state index in [0.717, 1.165) is 37.7 Å². The van der Waals surface area contributed by atoms with Crippen molar-refractivity contribution in [3.63, 3.8) is 0 Å². The molecule has 0 unspecified atom stereocenters. The first kappa shape index (κ1) is 32.9. The summed E-state index contributed by atoms with van der Waals surface area (Å²) in [5.41, 5.74) is -0.410. The van der Waals surface area contributed by atoms with E-state index < -0.39 is 47.6 Å². The molecule has 3 saturated heterocycles. The molecule has 2 N–H and O–H groups in total. The van der Waals surface area contributed by atoms with Gasteiger partial charge in [0.15, 0.2) is 0 Å². The second-order valence-electron chi connectivity index (χ2n) is 12.9. The maximum atomic E-state index is 14.6. The lowest BCUT2D eigenvalue weighted by Gasteiger charge is -2.41. The van der Waals surface area contributed by atoms with Gasteiger partial charge in [-0.2, -0.15) is 0 Å². The van der Waals surface area contributed by atoms with E-state index in [9.17, 15) is 24.3 Å². The average molecular weight is 622 g/mol. The van der Waals surface area contributed by atoms with Crippen LogP contribution >= 0.6 is 0 Å². The molecular formula is C35H47N3O7. The number of rotatable bonds is 14. The minimum Gasteiger partial charge on any atom is -0.463 e. The first-order chi connectivity index (χ1) is 21.8. The van der Waals surface area contributed by atoms with Gasteiger partial charge in [-0.1, -0.05) is 61.7 Å². The summed E-state index contributed by atoms with van der Waals surface area (Å²) >= 11 is 0. The first-order valence-corrected chi connectivity index (χ1v) is 16.4. The number of amides is 3. The van der Waals surface area contributed by atoms with Gasteiger partial charge in [-0.05, 0) is 44.6 Å². The van der Waals surface area contributed by atoms with Crippen LogP contribution in [0.5, 0.6) is 0 Å². The highest BCUT2D eigenvalue weighted by Crippen LogP contribution is 2.59. The molecule has 244 valence electrons. The summed E-state index contributed by atoms with van der Waals surface area (Å²) < 4.78 is 12.1. The molecule has 4 aliphatic rings. The number of aliphatic hydroxyl groups is 1. The highest BCUT2D eigenvalue weighted by atomic mass is 16.5. The Hall–Kier alpha value is -3.50. The number of nitrogens with one attached hydrogen (secondary N) is 1. The van der Waals surface area contributed by atoms with Gasteiger partial charge in [0.05, 0.1) is 36.6 Å². The van der Waals surface area contributed by atoms with E-state index in [1.807, 2.05) is 35.2 Å². The third-order valence-corrected chi connectivity index (χ3v) is 10.1. The van der Waals surface area contributed by atoms with Crippen LogP contribution in [-0.2, 0) is 28.7 Å². The van der Waals surface area contributed by atoms with E-state index in [4.69, 9.17) is 9.47 Å². The summed E-state index contributed by atoms with van der Waals surface area (Å²) in [5.74, 6) is -3.02. The maximum Gasteiger partial charge on any atom is 0.306 e. The lowest BCUT2D eigenvalue weighted by Crippen LogP contribution is -2.60. The molecule has 5 rings (SSSR count). The van der Waals surface area contributed by atoms with Crippen molar-refractivity contribution in [3.8, 4) is 0 Å². The molecule has 10 nitrogen and oxygen atoms in total.